The van der Waals surface area contributed by atoms with Crippen LogP contribution in [-0.2, 0) is 4.79 Å². The molecule has 0 bridgehead atoms. The second-order valence-corrected chi connectivity index (χ2v) is 6.86. The van der Waals surface area contributed by atoms with Crippen LogP contribution in [-0.4, -0.2) is 5.91 Å². The van der Waals surface area contributed by atoms with Crippen molar-refractivity contribution in [3.63, 3.8) is 0 Å². The molecule has 2 heteroatoms. The summed E-state index contributed by atoms with van der Waals surface area (Å²) in [4.78, 5) is 12.5. The second kappa shape index (κ2) is 8.68. The van der Waals surface area contributed by atoms with E-state index >= 15 is 0 Å². The molecule has 0 atom stereocenters. The second-order valence-electron chi connectivity index (χ2n) is 6.86. The number of carbonyl (C=O) groups is 1. The first-order valence-electron chi connectivity index (χ1n) is 9.22. The fourth-order valence-electron chi connectivity index (χ4n) is 3.69. The van der Waals surface area contributed by atoms with Crippen molar-refractivity contribution in [2.75, 3.05) is 0 Å². The molecule has 1 aliphatic rings. The minimum absolute atomic E-state index is 0.0637. The highest BCUT2D eigenvalue weighted by Crippen LogP contribution is 2.28. The smallest absolute Gasteiger partial charge is 0.220 e. The Bertz CT molecular complexity index is 577. The van der Waals surface area contributed by atoms with E-state index < -0.39 is 0 Å². The summed E-state index contributed by atoms with van der Waals surface area (Å²) in [6, 6.07) is 20.4. The van der Waals surface area contributed by atoms with E-state index in [1.54, 1.807) is 0 Å². The maximum absolute atomic E-state index is 12.5. The SMILES string of the molecule is O=C(CCC1CCCCC1)NC(c1ccccc1)c1ccccc1. The molecule has 0 aromatic heterocycles. The van der Waals surface area contributed by atoms with Crippen molar-refractivity contribution in [3.8, 4) is 0 Å². The molecule has 0 radical (unpaired) electrons. The molecule has 0 unspecified atom stereocenters. The Morgan fingerprint density at radius 1 is 0.875 bits per heavy atom. The molecule has 2 aromatic carbocycles. The van der Waals surface area contributed by atoms with Gasteiger partial charge in [-0.05, 0) is 23.5 Å². The molecule has 1 amide bonds. The van der Waals surface area contributed by atoms with Crippen molar-refractivity contribution in [2.24, 2.45) is 5.92 Å². The van der Waals surface area contributed by atoms with Crippen molar-refractivity contribution in [2.45, 2.75) is 51.0 Å². The van der Waals surface area contributed by atoms with Crippen LogP contribution in [0.3, 0.4) is 0 Å². The van der Waals surface area contributed by atoms with Crippen molar-refractivity contribution >= 4 is 5.91 Å². The predicted octanol–water partition coefficient (Wildman–Crippen LogP) is 5.25. The summed E-state index contributed by atoms with van der Waals surface area (Å²) in [7, 11) is 0. The van der Waals surface area contributed by atoms with Crippen LogP contribution in [0.5, 0.6) is 0 Å². The summed E-state index contributed by atoms with van der Waals surface area (Å²) in [5.74, 6) is 0.912. The molecule has 0 spiro atoms. The molecule has 126 valence electrons. The summed E-state index contributed by atoms with van der Waals surface area (Å²) in [5, 5.41) is 3.25. The molecule has 2 nitrogen and oxygen atoms in total. The Morgan fingerprint density at radius 3 is 1.96 bits per heavy atom. The number of benzene rings is 2. The van der Waals surface area contributed by atoms with Crippen molar-refractivity contribution in [1.82, 2.24) is 5.32 Å². The quantitative estimate of drug-likeness (QED) is 0.773. The number of rotatable bonds is 6. The standard InChI is InChI=1S/C22H27NO/c24-21(17-16-18-10-4-1-5-11-18)23-22(19-12-6-2-7-13-19)20-14-8-3-9-15-20/h2-3,6-9,12-15,18,22H,1,4-5,10-11,16-17H2,(H,23,24). The molecule has 0 aliphatic heterocycles. The van der Waals surface area contributed by atoms with E-state index in [1.807, 2.05) is 36.4 Å². The average Bonchev–Trinajstić information content (AvgIpc) is 2.67. The first kappa shape index (κ1) is 16.8. The Kier molecular flexibility index (Phi) is 6.06. The van der Waals surface area contributed by atoms with Gasteiger partial charge in [-0.2, -0.15) is 0 Å². The number of hydrogen-bond donors (Lipinski definition) is 1. The summed E-state index contributed by atoms with van der Waals surface area (Å²) in [6.07, 6.45) is 8.31. The fourth-order valence-corrected chi connectivity index (χ4v) is 3.69. The maximum atomic E-state index is 12.5. The molecular formula is C22H27NO. The summed E-state index contributed by atoms with van der Waals surface area (Å²) in [6.45, 7) is 0. The van der Waals surface area contributed by atoms with Gasteiger partial charge >= 0.3 is 0 Å². The molecule has 24 heavy (non-hydrogen) atoms. The Labute approximate surface area is 145 Å². The van der Waals surface area contributed by atoms with Crippen molar-refractivity contribution in [1.29, 1.82) is 0 Å². The van der Waals surface area contributed by atoms with E-state index in [9.17, 15) is 4.79 Å². The van der Waals surface area contributed by atoms with Gasteiger partial charge in [0.2, 0.25) is 5.91 Å². The lowest BCUT2D eigenvalue weighted by Gasteiger charge is -2.23. The molecule has 0 heterocycles. The van der Waals surface area contributed by atoms with Crippen LogP contribution in [0.1, 0.15) is 62.1 Å². The molecule has 1 N–H and O–H groups in total. The number of amides is 1. The third kappa shape index (κ3) is 4.70. The minimum Gasteiger partial charge on any atom is -0.345 e. The highest BCUT2D eigenvalue weighted by Gasteiger charge is 2.18. The van der Waals surface area contributed by atoms with E-state index in [0.29, 0.717) is 6.42 Å². The van der Waals surface area contributed by atoms with Crippen LogP contribution in [0.2, 0.25) is 0 Å². The van der Waals surface area contributed by atoms with Gasteiger partial charge in [0.25, 0.3) is 0 Å². The largest absolute Gasteiger partial charge is 0.345 e. The third-order valence-electron chi connectivity index (χ3n) is 5.08. The number of hydrogen-bond acceptors (Lipinski definition) is 1. The Hall–Kier alpha value is -2.09. The molecule has 1 fully saturated rings. The third-order valence-corrected chi connectivity index (χ3v) is 5.08. The van der Waals surface area contributed by atoms with Crippen LogP contribution in [0, 0.1) is 5.92 Å². The van der Waals surface area contributed by atoms with Gasteiger partial charge in [-0.3, -0.25) is 4.79 Å². The molecule has 3 rings (SSSR count). The summed E-state index contributed by atoms with van der Waals surface area (Å²) >= 11 is 0. The highest BCUT2D eigenvalue weighted by atomic mass is 16.1. The minimum atomic E-state index is -0.0637. The first-order valence-corrected chi connectivity index (χ1v) is 9.22. The Morgan fingerprint density at radius 2 is 1.42 bits per heavy atom. The number of nitrogens with one attached hydrogen (secondary N) is 1. The topological polar surface area (TPSA) is 29.1 Å². The van der Waals surface area contributed by atoms with Gasteiger partial charge in [0.05, 0.1) is 6.04 Å². The van der Waals surface area contributed by atoms with Gasteiger partial charge < -0.3 is 5.32 Å². The van der Waals surface area contributed by atoms with Gasteiger partial charge in [-0.25, -0.2) is 0 Å². The highest BCUT2D eigenvalue weighted by molar-refractivity contribution is 5.77. The average molecular weight is 321 g/mol. The van der Waals surface area contributed by atoms with Crippen molar-refractivity contribution < 1.29 is 4.79 Å². The van der Waals surface area contributed by atoms with E-state index in [2.05, 4.69) is 29.6 Å². The van der Waals surface area contributed by atoms with Gasteiger partial charge in [0.1, 0.15) is 0 Å². The van der Waals surface area contributed by atoms with Gasteiger partial charge in [0, 0.05) is 6.42 Å². The van der Waals surface area contributed by atoms with Gasteiger partial charge in [0.15, 0.2) is 0 Å². The lowest BCUT2D eigenvalue weighted by molar-refractivity contribution is -0.121. The zero-order chi connectivity index (χ0) is 16.6. The predicted molar refractivity (Wildman–Crippen MR) is 98.7 cm³/mol. The summed E-state index contributed by atoms with van der Waals surface area (Å²) in [5.41, 5.74) is 2.27. The maximum Gasteiger partial charge on any atom is 0.220 e. The fraction of sp³-hybridized carbons (Fsp3) is 0.409. The normalized spacial score (nSPS) is 15.4. The lowest BCUT2D eigenvalue weighted by Crippen LogP contribution is -2.29. The van der Waals surface area contributed by atoms with Crippen LogP contribution in [0.4, 0.5) is 0 Å². The molecule has 0 saturated heterocycles. The molecule has 1 aliphatic carbocycles. The Balaban J connectivity index is 1.64. The molecular weight excluding hydrogens is 294 g/mol. The van der Waals surface area contributed by atoms with Gasteiger partial charge in [-0.1, -0.05) is 92.8 Å². The van der Waals surface area contributed by atoms with Gasteiger partial charge in [-0.15, -0.1) is 0 Å². The molecule has 1 saturated carbocycles. The lowest BCUT2D eigenvalue weighted by atomic mass is 9.86. The van der Waals surface area contributed by atoms with E-state index in [1.165, 1.54) is 32.1 Å². The van der Waals surface area contributed by atoms with Crippen molar-refractivity contribution in [3.05, 3.63) is 71.8 Å². The first-order chi connectivity index (χ1) is 11.8. The zero-order valence-corrected chi connectivity index (χ0v) is 14.3. The number of carbonyl (C=O) groups excluding carboxylic acids is 1. The van der Waals surface area contributed by atoms with Crippen LogP contribution in [0.25, 0.3) is 0 Å². The van der Waals surface area contributed by atoms with Crippen LogP contribution < -0.4 is 5.32 Å². The van der Waals surface area contributed by atoms with E-state index in [0.717, 1.165) is 23.5 Å². The molecule has 2 aromatic rings. The van der Waals surface area contributed by atoms with Crippen LogP contribution in [0.15, 0.2) is 60.7 Å². The van der Waals surface area contributed by atoms with E-state index in [-0.39, 0.29) is 11.9 Å². The monoisotopic (exact) mass is 321 g/mol. The zero-order valence-electron chi connectivity index (χ0n) is 14.3. The summed E-state index contributed by atoms with van der Waals surface area (Å²) < 4.78 is 0. The van der Waals surface area contributed by atoms with Crippen LogP contribution >= 0.6 is 0 Å². The van der Waals surface area contributed by atoms with E-state index in [4.69, 9.17) is 0 Å².